The number of thioether (sulfide) groups is 1. The molecule has 1 aliphatic rings. The van der Waals surface area contributed by atoms with Crippen molar-refractivity contribution in [1.29, 1.82) is 0 Å². The molecule has 0 aliphatic carbocycles. The molecule has 0 bridgehead atoms. The first-order valence-electron chi connectivity index (χ1n) is 10.3. The van der Waals surface area contributed by atoms with Gasteiger partial charge in [0.1, 0.15) is 11.3 Å². The molecule has 5 nitrogen and oxygen atoms in total. The number of amides is 1. The molecule has 0 unspecified atom stereocenters. The fourth-order valence-corrected chi connectivity index (χ4v) is 5.39. The number of hydrogen-bond acceptors (Lipinski definition) is 6. The van der Waals surface area contributed by atoms with Crippen molar-refractivity contribution >= 4 is 44.4 Å². The minimum Gasteiger partial charge on any atom is -0.355 e. The van der Waals surface area contributed by atoms with E-state index in [0.29, 0.717) is 17.7 Å². The van der Waals surface area contributed by atoms with Crippen LogP contribution in [-0.2, 0) is 4.79 Å². The van der Waals surface area contributed by atoms with E-state index in [0.717, 1.165) is 49.7 Å². The molecular weight excluding hydrogens is 438 g/mol. The van der Waals surface area contributed by atoms with Gasteiger partial charge in [0, 0.05) is 62.4 Å². The molecule has 0 atom stereocenters. The van der Waals surface area contributed by atoms with Crippen molar-refractivity contribution < 1.29 is 13.6 Å². The predicted molar refractivity (Wildman–Crippen MR) is 123 cm³/mol. The predicted octanol–water partition coefficient (Wildman–Crippen LogP) is 4.00. The fraction of sp³-hybridized carbons (Fsp3) is 0.364. The van der Waals surface area contributed by atoms with Crippen LogP contribution in [0.15, 0.2) is 47.4 Å². The number of aromatic nitrogens is 1. The summed E-state index contributed by atoms with van der Waals surface area (Å²) in [5.74, 6) is -0.355. The average Bonchev–Trinajstić information content (AvgIpc) is 3.19. The van der Waals surface area contributed by atoms with Crippen LogP contribution < -0.4 is 10.2 Å². The van der Waals surface area contributed by atoms with Gasteiger partial charge in [-0.25, -0.2) is 13.8 Å². The van der Waals surface area contributed by atoms with Crippen molar-refractivity contribution in [2.45, 2.75) is 11.3 Å². The Morgan fingerprint density at radius 3 is 2.68 bits per heavy atom. The number of nitrogens with one attached hydrogen (secondary N) is 1. The summed E-state index contributed by atoms with van der Waals surface area (Å²) in [6.45, 7) is 4.64. The maximum atomic E-state index is 13.9. The Morgan fingerprint density at radius 2 is 1.90 bits per heavy atom. The van der Waals surface area contributed by atoms with E-state index in [9.17, 15) is 13.6 Å². The molecule has 31 heavy (non-hydrogen) atoms. The summed E-state index contributed by atoms with van der Waals surface area (Å²) < 4.78 is 27.8. The van der Waals surface area contributed by atoms with E-state index < -0.39 is 11.6 Å². The second-order valence-corrected chi connectivity index (χ2v) is 9.50. The van der Waals surface area contributed by atoms with Gasteiger partial charge in [0.05, 0.1) is 4.70 Å². The molecule has 0 saturated carbocycles. The summed E-state index contributed by atoms with van der Waals surface area (Å²) in [4.78, 5) is 22.0. The molecule has 1 aliphatic heterocycles. The number of carbonyl (C=O) groups excluding carboxylic acids is 1. The van der Waals surface area contributed by atoms with E-state index in [2.05, 4.69) is 20.1 Å². The molecule has 2 heterocycles. The lowest BCUT2D eigenvalue weighted by atomic mass is 10.3. The number of anilines is 1. The minimum absolute atomic E-state index is 0.0748. The molecule has 2 aromatic carbocycles. The first kappa shape index (κ1) is 22.0. The lowest BCUT2D eigenvalue weighted by molar-refractivity contribution is -0.120. The third-order valence-electron chi connectivity index (χ3n) is 5.14. The number of halogens is 2. The summed E-state index contributed by atoms with van der Waals surface area (Å²) in [5, 5.41) is 3.72. The molecule has 1 saturated heterocycles. The van der Waals surface area contributed by atoms with Gasteiger partial charge in [0.2, 0.25) is 5.91 Å². The molecule has 0 spiro atoms. The highest BCUT2D eigenvalue weighted by Crippen LogP contribution is 2.31. The van der Waals surface area contributed by atoms with Crippen molar-refractivity contribution in [2.24, 2.45) is 0 Å². The zero-order valence-electron chi connectivity index (χ0n) is 17.0. The van der Waals surface area contributed by atoms with E-state index in [1.807, 2.05) is 30.3 Å². The van der Waals surface area contributed by atoms with Crippen molar-refractivity contribution in [3.05, 3.63) is 54.1 Å². The lowest BCUT2D eigenvalue weighted by Gasteiger charge is -2.34. The fourth-order valence-electron chi connectivity index (χ4n) is 3.46. The number of thiazole rings is 1. The van der Waals surface area contributed by atoms with E-state index in [1.54, 1.807) is 11.8 Å². The molecule has 9 heteroatoms. The van der Waals surface area contributed by atoms with Gasteiger partial charge in [0.15, 0.2) is 10.9 Å². The molecule has 0 radical (unpaired) electrons. The highest BCUT2D eigenvalue weighted by Gasteiger charge is 2.21. The topological polar surface area (TPSA) is 48.5 Å². The summed E-state index contributed by atoms with van der Waals surface area (Å²) in [6, 6.07) is 12.3. The van der Waals surface area contributed by atoms with Gasteiger partial charge in [-0.2, -0.15) is 0 Å². The Balaban J connectivity index is 1.16. The van der Waals surface area contributed by atoms with E-state index >= 15 is 0 Å². The number of fused-ring (bicyclic) bond motifs is 1. The molecule has 4 rings (SSSR count). The Labute approximate surface area is 188 Å². The first-order chi connectivity index (χ1) is 15.1. The van der Waals surface area contributed by atoms with Crippen molar-refractivity contribution in [1.82, 2.24) is 15.2 Å². The zero-order chi connectivity index (χ0) is 21.6. The van der Waals surface area contributed by atoms with Crippen molar-refractivity contribution in [3.63, 3.8) is 0 Å². The quantitative estimate of drug-likeness (QED) is 0.513. The zero-order valence-corrected chi connectivity index (χ0v) is 18.7. The summed E-state index contributed by atoms with van der Waals surface area (Å²) in [7, 11) is 0. The van der Waals surface area contributed by atoms with Crippen LogP contribution in [0.1, 0.15) is 6.42 Å². The Kier molecular flexibility index (Phi) is 7.37. The second kappa shape index (κ2) is 10.4. The number of piperazine rings is 1. The summed E-state index contributed by atoms with van der Waals surface area (Å²) in [6.07, 6.45) is 0.502. The van der Waals surface area contributed by atoms with Crippen molar-refractivity contribution in [3.8, 4) is 0 Å². The van der Waals surface area contributed by atoms with Crippen LogP contribution in [-0.4, -0.2) is 60.8 Å². The highest BCUT2D eigenvalue weighted by molar-refractivity contribution is 7.99. The van der Waals surface area contributed by atoms with Gasteiger partial charge in [-0.1, -0.05) is 29.5 Å². The molecule has 1 N–H and O–H groups in total. The van der Waals surface area contributed by atoms with Crippen LogP contribution in [0.4, 0.5) is 13.9 Å². The van der Waals surface area contributed by atoms with Gasteiger partial charge in [-0.05, 0) is 18.2 Å². The Bertz CT molecular complexity index is 1020. The van der Waals surface area contributed by atoms with Gasteiger partial charge < -0.3 is 10.2 Å². The molecule has 1 amide bonds. The smallest absolute Gasteiger partial charge is 0.220 e. The Morgan fingerprint density at radius 1 is 1.13 bits per heavy atom. The lowest BCUT2D eigenvalue weighted by Crippen LogP contribution is -2.48. The number of benzene rings is 2. The van der Waals surface area contributed by atoms with E-state index in [4.69, 9.17) is 0 Å². The maximum absolute atomic E-state index is 13.9. The van der Waals surface area contributed by atoms with E-state index in [-0.39, 0.29) is 11.4 Å². The number of hydrogen-bond donors (Lipinski definition) is 1. The number of nitrogens with zero attached hydrogens (tertiary/aromatic N) is 3. The van der Waals surface area contributed by atoms with Crippen LogP contribution in [0, 0.1) is 11.6 Å². The second-order valence-electron chi connectivity index (χ2n) is 7.32. The minimum atomic E-state index is -0.617. The third kappa shape index (κ3) is 5.93. The van der Waals surface area contributed by atoms with Crippen LogP contribution >= 0.6 is 23.1 Å². The van der Waals surface area contributed by atoms with E-state index in [1.165, 1.54) is 22.3 Å². The molecule has 164 valence electrons. The molecular formula is C22H24F2N4OS2. The molecule has 1 fully saturated rings. The largest absolute Gasteiger partial charge is 0.355 e. The summed E-state index contributed by atoms with van der Waals surface area (Å²) in [5.41, 5.74) is 0.233. The van der Waals surface area contributed by atoms with Gasteiger partial charge in [-0.15, -0.1) is 11.8 Å². The van der Waals surface area contributed by atoms with Gasteiger partial charge in [0.25, 0.3) is 0 Å². The highest BCUT2D eigenvalue weighted by atomic mass is 32.2. The normalized spacial score (nSPS) is 14.8. The SMILES string of the molecule is O=C(CCSc1ccccc1)NCCN1CCN(c2nc3c(F)cc(F)cc3s2)CC1. The van der Waals surface area contributed by atoms with Crippen LogP contribution in [0.5, 0.6) is 0 Å². The Hall–Kier alpha value is -2.23. The molecule has 3 aromatic rings. The van der Waals surface area contributed by atoms with Crippen LogP contribution in [0.3, 0.4) is 0 Å². The number of rotatable bonds is 8. The maximum Gasteiger partial charge on any atom is 0.220 e. The first-order valence-corrected chi connectivity index (χ1v) is 12.1. The van der Waals surface area contributed by atoms with Crippen molar-refractivity contribution in [2.75, 3.05) is 49.9 Å². The monoisotopic (exact) mass is 462 g/mol. The standard InChI is InChI=1S/C22H24F2N4OS2/c23-16-14-18(24)21-19(15-16)31-22(26-21)28-11-9-27(10-12-28)8-7-25-20(29)6-13-30-17-4-2-1-3-5-17/h1-5,14-15H,6-13H2,(H,25,29). The average molecular weight is 463 g/mol. The number of carbonyl (C=O) groups is 1. The van der Waals surface area contributed by atoms with Gasteiger partial charge >= 0.3 is 0 Å². The summed E-state index contributed by atoms with van der Waals surface area (Å²) >= 11 is 3.00. The van der Waals surface area contributed by atoms with Gasteiger partial charge in [-0.3, -0.25) is 9.69 Å². The molecule has 1 aromatic heterocycles. The third-order valence-corrected chi connectivity index (χ3v) is 7.21. The van der Waals surface area contributed by atoms with Crippen LogP contribution in [0.2, 0.25) is 0 Å². The van der Waals surface area contributed by atoms with Crippen LogP contribution in [0.25, 0.3) is 10.2 Å².